The van der Waals surface area contributed by atoms with E-state index in [0.29, 0.717) is 16.8 Å². The molecule has 2 atom stereocenters. The van der Waals surface area contributed by atoms with Gasteiger partial charge in [0, 0.05) is 11.8 Å². The fraction of sp³-hybridized carbons (Fsp3) is 0.391. The molecule has 2 aromatic rings. The largest absolute Gasteiger partial charge is 0.394 e. The van der Waals surface area contributed by atoms with Crippen LogP contribution in [0.2, 0.25) is 0 Å². The maximum absolute atomic E-state index is 12.5. The van der Waals surface area contributed by atoms with Crippen molar-refractivity contribution in [1.29, 1.82) is 0 Å². The van der Waals surface area contributed by atoms with Crippen LogP contribution in [-0.2, 0) is 36.7 Å². The minimum atomic E-state index is -3.92. The van der Waals surface area contributed by atoms with E-state index < -0.39 is 40.5 Å². The zero-order valence-corrected chi connectivity index (χ0v) is 21.2. The summed E-state index contributed by atoms with van der Waals surface area (Å²) in [7, 11) is -3.92. The summed E-state index contributed by atoms with van der Waals surface area (Å²) in [5, 5.41) is 18.3. The molecule has 1 aromatic carbocycles. The molecule has 0 spiro atoms. The van der Waals surface area contributed by atoms with Gasteiger partial charge in [-0.1, -0.05) is 35.5 Å². The van der Waals surface area contributed by atoms with E-state index in [1.54, 1.807) is 42.5 Å². The van der Waals surface area contributed by atoms with E-state index in [-0.39, 0.29) is 24.2 Å². The van der Waals surface area contributed by atoms with Crippen LogP contribution in [-0.4, -0.2) is 61.0 Å². The Morgan fingerprint density at radius 2 is 1.81 bits per heavy atom. The molecule has 36 heavy (non-hydrogen) atoms. The van der Waals surface area contributed by atoms with E-state index in [2.05, 4.69) is 25.5 Å². The van der Waals surface area contributed by atoms with E-state index in [0.717, 1.165) is 0 Å². The minimum Gasteiger partial charge on any atom is -0.394 e. The highest BCUT2D eigenvalue weighted by Crippen LogP contribution is 2.05. The summed E-state index contributed by atoms with van der Waals surface area (Å²) in [4.78, 5) is 34.2. The van der Waals surface area contributed by atoms with Gasteiger partial charge in [0.15, 0.2) is 5.84 Å². The topological polar surface area (TPSA) is 185 Å². The number of nitrogens with one attached hydrogen (secondary N) is 3. The summed E-state index contributed by atoms with van der Waals surface area (Å²) in [5.74, 6) is -1.55. The Bertz CT molecular complexity index is 1140. The first kappa shape index (κ1) is 28.7. The number of nitrogens with two attached hydrogens (primary N) is 1. The third-order valence-electron chi connectivity index (χ3n) is 4.70. The number of amides is 2. The van der Waals surface area contributed by atoms with Gasteiger partial charge in [-0.3, -0.25) is 14.6 Å². The number of aromatic nitrogens is 1. The number of carbonyl (C=O) groups is 2. The van der Waals surface area contributed by atoms with Gasteiger partial charge in [0.2, 0.25) is 21.8 Å². The number of sulfonamides is 1. The predicted octanol–water partition coefficient (Wildman–Crippen LogP) is -0.272. The van der Waals surface area contributed by atoms with Gasteiger partial charge in [0.05, 0.1) is 24.6 Å². The summed E-state index contributed by atoms with van der Waals surface area (Å²) in [6, 6.07) is 9.28. The number of aliphatic hydroxyl groups excluding tert-OH is 1. The normalized spacial score (nSPS) is 13.6. The van der Waals surface area contributed by atoms with Crippen LogP contribution in [0.5, 0.6) is 0 Å². The number of carbonyl (C=O) groups excluding carboxylic acids is 2. The summed E-state index contributed by atoms with van der Waals surface area (Å²) >= 11 is 0. The van der Waals surface area contributed by atoms with E-state index >= 15 is 0 Å². The molecule has 0 aliphatic carbocycles. The molecule has 0 radical (unpaired) electrons. The Kier molecular flexibility index (Phi) is 10.8. The maximum Gasteiger partial charge on any atom is 0.242 e. The molecule has 2 amide bonds. The lowest BCUT2D eigenvalue weighted by molar-refractivity contribution is -0.130. The molecule has 2 rings (SSSR count). The van der Waals surface area contributed by atoms with E-state index in [9.17, 15) is 23.1 Å². The molecule has 6 N–H and O–H groups in total. The van der Waals surface area contributed by atoms with Crippen LogP contribution >= 0.6 is 0 Å². The number of pyridine rings is 1. The Labute approximate surface area is 210 Å². The number of nitrogens with zero attached hydrogens (tertiary/aromatic N) is 2. The quantitative estimate of drug-likeness (QED) is 0.136. The molecule has 12 nitrogen and oxygen atoms in total. The lowest BCUT2D eigenvalue weighted by atomic mass is 10.2. The lowest BCUT2D eigenvalue weighted by Crippen LogP contribution is -2.54. The Morgan fingerprint density at radius 1 is 1.11 bits per heavy atom. The molecule has 1 heterocycles. The van der Waals surface area contributed by atoms with E-state index in [1.807, 2.05) is 13.8 Å². The number of benzene rings is 1. The van der Waals surface area contributed by atoms with Crippen LogP contribution in [0.4, 0.5) is 0 Å². The monoisotopic (exact) mass is 520 g/mol. The van der Waals surface area contributed by atoms with Gasteiger partial charge in [-0.15, -0.1) is 0 Å². The average molecular weight is 521 g/mol. The highest BCUT2D eigenvalue weighted by Gasteiger charge is 2.26. The first-order chi connectivity index (χ1) is 17.0. The third-order valence-corrected chi connectivity index (χ3v) is 6.06. The zero-order chi connectivity index (χ0) is 26.7. The number of amidine groups is 1. The molecule has 0 aliphatic rings. The van der Waals surface area contributed by atoms with Crippen molar-refractivity contribution in [2.45, 2.75) is 51.3 Å². The molecule has 13 heteroatoms. The summed E-state index contributed by atoms with van der Waals surface area (Å²) in [6.07, 6.45) is 1.37. The van der Waals surface area contributed by atoms with Crippen LogP contribution in [0.25, 0.3) is 0 Å². The van der Waals surface area contributed by atoms with Gasteiger partial charge < -0.3 is 26.3 Å². The molecule has 0 bridgehead atoms. The predicted molar refractivity (Wildman–Crippen MR) is 134 cm³/mol. The molecule has 0 saturated heterocycles. The van der Waals surface area contributed by atoms with Crippen molar-refractivity contribution in [3.63, 3.8) is 0 Å². The van der Waals surface area contributed by atoms with Gasteiger partial charge in [-0.05, 0) is 38.5 Å². The second kappa shape index (κ2) is 13.5. The smallest absolute Gasteiger partial charge is 0.242 e. The number of hydrogen-bond acceptors (Lipinski definition) is 8. The van der Waals surface area contributed by atoms with Crippen molar-refractivity contribution >= 4 is 27.7 Å². The Hall–Kier alpha value is -3.55. The lowest BCUT2D eigenvalue weighted by Gasteiger charge is -2.19. The second-order valence-electron chi connectivity index (χ2n) is 8.21. The fourth-order valence-electron chi connectivity index (χ4n) is 2.83. The zero-order valence-electron chi connectivity index (χ0n) is 20.3. The van der Waals surface area contributed by atoms with Crippen molar-refractivity contribution in [2.75, 3.05) is 6.61 Å². The van der Waals surface area contributed by atoms with Gasteiger partial charge >= 0.3 is 0 Å². The van der Waals surface area contributed by atoms with Crippen LogP contribution in [0.1, 0.15) is 37.6 Å². The van der Waals surface area contributed by atoms with Crippen LogP contribution in [0.15, 0.2) is 53.8 Å². The Morgan fingerprint density at radius 3 is 2.39 bits per heavy atom. The minimum absolute atomic E-state index is 0.0754. The maximum atomic E-state index is 12.5. The SMILES string of the molecule is CC(C)O/N=C(/N)c1ccc(CNC(=O)[C@H](C)NC(=O)[C@@H](CO)NS(=O)(=O)Cc2ccccc2)nc1. The van der Waals surface area contributed by atoms with Crippen LogP contribution < -0.4 is 21.1 Å². The number of rotatable bonds is 13. The Balaban J connectivity index is 1.87. The molecule has 0 saturated carbocycles. The molecule has 0 aliphatic heterocycles. The van der Waals surface area contributed by atoms with Crippen molar-refractivity contribution in [3.05, 3.63) is 65.5 Å². The molecule has 0 fully saturated rings. The van der Waals surface area contributed by atoms with Gasteiger partial charge in [-0.2, -0.15) is 0 Å². The highest BCUT2D eigenvalue weighted by molar-refractivity contribution is 7.88. The number of oxime groups is 1. The van der Waals surface area contributed by atoms with E-state index in [1.165, 1.54) is 13.1 Å². The van der Waals surface area contributed by atoms with Gasteiger partial charge in [0.1, 0.15) is 18.2 Å². The van der Waals surface area contributed by atoms with Crippen molar-refractivity contribution < 1.29 is 28.0 Å². The first-order valence-corrected chi connectivity index (χ1v) is 12.8. The second-order valence-corrected chi connectivity index (χ2v) is 9.97. The summed E-state index contributed by atoms with van der Waals surface area (Å²) in [6.45, 7) is 4.37. The van der Waals surface area contributed by atoms with Crippen molar-refractivity contribution in [2.24, 2.45) is 10.9 Å². The van der Waals surface area contributed by atoms with E-state index in [4.69, 9.17) is 10.6 Å². The molecular weight excluding hydrogens is 488 g/mol. The number of hydrogen-bond donors (Lipinski definition) is 5. The van der Waals surface area contributed by atoms with Crippen molar-refractivity contribution in [1.82, 2.24) is 20.3 Å². The van der Waals surface area contributed by atoms with Gasteiger partial charge in [-0.25, -0.2) is 13.1 Å². The molecule has 0 unspecified atom stereocenters. The van der Waals surface area contributed by atoms with Crippen LogP contribution in [0.3, 0.4) is 0 Å². The summed E-state index contributed by atoms with van der Waals surface area (Å²) in [5.41, 5.74) is 7.44. The average Bonchev–Trinajstić information content (AvgIpc) is 2.84. The molecule has 1 aromatic heterocycles. The standard InChI is InChI=1S/C23H32N6O6S/c1-15(2)35-28-21(24)18-9-10-19(25-11-18)12-26-22(31)16(3)27-23(32)20(13-30)29-36(33,34)14-17-7-5-4-6-8-17/h4-11,15-16,20,29-30H,12-14H2,1-3H3,(H2,24,28)(H,26,31)(H,27,32)/t16-,20+/m0/s1. The molecular formula is C23H32N6O6S. The first-order valence-electron chi connectivity index (χ1n) is 11.2. The van der Waals surface area contributed by atoms with Crippen molar-refractivity contribution in [3.8, 4) is 0 Å². The third kappa shape index (κ3) is 9.60. The highest BCUT2D eigenvalue weighted by atomic mass is 32.2. The number of aliphatic hydroxyl groups is 1. The molecule has 196 valence electrons. The van der Waals surface area contributed by atoms with Crippen LogP contribution in [0, 0.1) is 0 Å². The fourth-order valence-corrected chi connectivity index (χ4v) is 4.16. The van der Waals surface area contributed by atoms with Gasteiger partial charge in [0.25, 0.3) is 0 Å². The summed E-state index contributed by atoms with van der Waals surface area (Å²) < 4.78 is 26.9.